The first-order valence-electron chi connectivity index (χ1n) is 6.51. The van der Waals surface area contributed by atoms with Crippen molar-refractivity contribution in [3.05, 3.63) is 35.9 Å². The predicted molar refractivity (Wildman–Crippen MR) is 72.9 cm³/mol. The lowest BCUT2D eigenvalue weighted by Crippen LogP contribution is -2.53. The highest BCUT2D eigenvalue weighted by atomic mass is 16.3. The van der Waals surface area contributed by atoms with E-state index >= 15 is 0 Å². The van der Waals surface area contributed by atoms with E-state index in [1.807, 2.05) is 18.2 Å². The van der Waals surface area contributed by atoms with E-state index in [9.17, 15) is 5.11 Å². The molecule has 0 bridgehead atoms. The second kappa shape index (κ2) is 6.18. The molecule has 2 unspecified atom stereocenters. The molecule has 2 N–H and O–H groups in total. The number of nitrogens with one attached hydrogen (secondary N) is 1. The molecular formula is C15H25NO. The van der Waals surface area contributed by atoms with Crippen LogP contribution in [0.2, 0.25) is 0 Å². The third-order valence-electron chi connectivity index (χ3n) is 3.64. The smallest absolute Gasteiger partial charge is 0.0694 e. The maximum atomic E-state index is 9.88. The molecule has 0 aliphatic rings. The standard InChI is InChI=1S/C15H25NO/c1-5-13(4)16-15(11-17,12(2)3)14-9-7-6-8-10-14/h6-10,12-13,16-17H,5,11H2,1-4H3. The number of aliphatic hydroxyl groups is 1. The van der Waals surface area contributed by atoms with Gasteiger partial charge in [-0.25, -0.2) is 0 Å². The van der Waals surface area contributed by atoms with Crippen LogP contribution >= 0.6 is 0 Å². The van der Waals surface area contributed by atoms with Crippen molar-refractivity contribution in [1.29, 1.82) is 0 Å². The van der Waals surface area contributed by atoms with E-state index in [1.54, 1.807) is 0 Å². The van der Waals surface area contributed by atoms with Crippen LogP contribution in [0.25, 0.3) is 0 Å². The van der Waals surface area contributed by atoms with E-state index in [2.05, 4.69) is 45.1 Å². The molecule has 0 aliphatic carbocycles. The molecule has 0 amide bonds. The Labute approximate surface area is 105 Å². The Balaban J connectivity index is 3.09. The van der Waals surface area contributed by atoms with Gasteiger partial charge in [0.15, 0.2) is 0 Å². The van der Waals surface area contributed by atoms with E-state index in [1.165, 1.54) is 0 Å². The van der Waals surface area contributed by atoms with E-state index in [-0.39, 0.29) is 12.1 Å². The van der Waals surface area contributed by atoms with Gasteiger partial charge < -0.3 is 10.4 Å². The fraction of sp³-hybridized carbons (Fsp3) is 0.600. The first-order chi connectivity index (χ1) is 8.06. The van der Waals surface area contributed by atoms with Crippen LogP contribution in [-0.2, 0) is 5.54 Å². The van der Waals surface area contributed by atoms with Gasteiger partial charge in [-0.1, -0.05) is 51.1 Å². The summed E-state index contributed by atoms with van der Waals surface area (Å²) < 4.78 is 0. The molecule has 2 heteroatoms. The van der Waals surface area contributed by atoms with Crippen LogP contribution in [-0.4, -0.2) is 17.8 Å². The summed E-state index contributed by atoms with van der Waals surface area (Å²) in [5, 5.41) is 13.5. The van der Waals surface area contributed by atoms with Crippen molar-refractivity contribution < 1.29 is 5.11 Å². The van der Waals surface area contributed by atoms with Crippen LogP contribution in [0.4, 0.5) is 0 Å². The molecule has 0 spiro atoms. The van der Waals surface area contributed by atoms with Crippen LogP contribution in [0.5, 0.6) is 0 Å². The normalized spacial score (nSPS) is 16.8. The van der Waals surface area contributed by atoms with Gasteiger partial charge in [0.05, 0.1) is 12.1 Å². The lowest BCUT2D eigenvalue weighted by molar-refractivity contribution is 0.104. The minimum atomic E-state index is -0.337. The van der Waals surface area contributed by atoms with Crippen molar-refractivity contribution in [2.75, 3.05) is 6.61 Å². The third-order valence-corrected chi connectivity index (χ3v) is 3.64. The zero-order chi connectivity index (χ0) is 12.9. The highest BCUT2D eigenvalue weighted by Crippen LogP contribution is 2.30. The van der Waals surface area contributed by atoms with Gasteiger partial charge in [0.2, 0.25) is 0 Å². The lowest BCUT2D eigenvalue weighted by atomic mass is 9.79. The topological polar surface area (TPSA) is 32.3 Å². The van der Waals surface area contributed by atoms with Crippen LogP contribution in [0, 0.1) is 5.92 Å². The Morgan fingerprint density at radius 1 is 1.18 bits per heavy atom. The van der Waals surface area contributed by atoms with Crippen molar-refractivity contribution in [3.8, 4) is 0 Å². The molecule has 0 fully saturated rings. The summed E-state index contributed by atoms with van der Waals surface area (Å²) in [5.41, 5.74) is 0.828. The number of hydrogen-bond acceptors (Lipinski definition) is 2. The Morgan fingerprint density at radius 3 is 2.18 bits per heavy atom. The second-order valence-corrected chi connectivity index (χ2v) is 5.10. The van der Waals surface area contributed by atoms with Gasteiger partial charge in [-0.15, -0.1) is 0 Å². The Bertz CT molecular complexity index is 323. The van der Waals surface area contributed by atoms with Crippen LogP contribution < -0.4 is 5.32 Å². The minimum absolute atomic E-state index is 0.124. The highest BCUT2D eigenvalue weighted by molar-refractivity contribution is 5.25. The van der Waals surface area contributed by atoms with Crippen molar-refractivity contribution in [1.82, 2.24) is 5.32 Å². The molecule has 0 aromatic heterocycles. The monoisotopic (exact) mass is 235 g/mol. The molecule has 1 aromatic rings. The molecule has 0 radical (unpaired) electrons. The molecule has 0 saturated heterocycles. The molecule has 2 nitrogen and oxygen atoms in total. The molecule has 0 saturated carbocycles. The first kappa shape index (κ1) is 14.2. The minimum Gasteiger partial charge on any atom is -0.394 e. The molecule has 17 heavy (non-hydrogen) atoms. The van der Waals surface area contributed by atoms with Crippen molar-refractivity contribution >= 4 is 0 Å². The lowest BCUT2D eigenvalue weighted by Gasteiger charge is -2.40. The summed E-state index contributed by atoms with van der Waals surface area (Å²) in [4.78, 5) is 0. The predicted octanol–water partition coefficient (Wildman–Crippen LogP) is 2.92. The Kier molecular flexibility index (Phi) is 5.16. The highest BCUT2D eigenvalue weighted by Gasteiger charge is 2.35. The van der Waals surface area contributed by atoms with Crippen LogP contribution in [0.1, 0.15) is 39.7 Å². The molecular weight excluding hydrogens is 210 g/mol. The Hall–Kier alpha value is -0.860. The maximum absolute atomic E-state index is 9.88. The molecule has 0 aliphatic heterocycles. The van der Waals surface area contributed by atoms with Gasteiger partial charge in [-0.2, -0.15) is 0 Å². The molecule has 1 rings (SSSR count). The second-order valence-electron chi connectivity index (χ2n) is 5.10. The zero-order valence-corrected chi connectivity index (χ0v) is 11.4. The quantitative estimate of drug-likeness (QED) is 0.794. The van der Waals surface area contributed by atoms with E-state index in [0.717, 1.165) is 12.0 Å². The molecule has 0 heterocycles. The summed E-state index contributed by atoms with van der Waals surface area (Å²) in [6, 6.07) is 10.6. The van der Waals surface area contributed by atoms with Crippen molar-refractivity contribution in [2.45, 2.75) is 45.7 Å². The fourth-order valence-electron chi connectivity index (χ4n) is 2.18. The van der Waals surface area contributed by atoms with Gasteiger partial charge in [0.1, 0.15) is 0 Å². The van der Waals surface area contributed by atoms with Crippen LogP contribution in [0.3, 0.4) is 0 Å². The maximum Gasteiger partial charge on any atom is 0.0694 e. The molecule has 2 atom stereocenters. The number of aliphatic hydroxyl groups excluding tert-OH is 1. The van der Waals surface area contributed by atoms with Gasteiger partial charge >= 0.3 is 0 Å². The number of hydrogen-bond donors (Lipinski definition) is 2. The summed E-state index contributed by atoms with van der Waals surface area (Å²) in [5.74, 6) is 0.337. The van der Waals surface area contributed by atoms with Gasteiger partial charge in [0.25, 0.3) is 0 Å². The zero-order valence-electron chi connectivity index (χ0n) is 11.4. The number of benzene rings is 1. The van der Waals surface area contributed by atoms with E-state index < -0.39 is 0 Å². The fourth-order valence-corrected chi connectivity index (χ4v) is 2.18. The average Bonchev–Trinajstić information content (AvgIpc) is 2.36. The molecule has 96 valence electrons. The number of rotatable bonds is 6. The van der Waals surface area contributed by atoms with Gasteiger partial charge in [-0.05, 0) is 24.8 Å². The van der Waals surface area contributed by atoms with Crippen molar-refractivity contribution in [3.63, 3.8) is 0 Å². The van der Waals surface area contributed by atoms with E-state index in [0.29, 0.717) is 12.0 Å². The summed E-state index contributed by atoms with van der Waals surface area (Å²) in [6.45, 7) is 8.75. The van der Waals surface area contributed by atoms with Gasteiger partial charge in [0, 0.05) is 6.04 Å². The first-order valence-corrected chi connectivity index (χ1v) is 6.51. The van der Waals surface area contributed by atoms with Gasteiger partial charge in [-0.3, -0.25) is 0 Å². The summed E-state index contributed by atoms with van der Waals surface area (Å²) in [6.07, 6.45) is 1.06. The molecule has 1 aromatic carbocycles. The summed E-state index contributed by atoms with van der Waals surface area (Å²) in [7, 11) is 0. The van der Waals surface area contributed by atoms with E-state index in [4.69, 9.17) is 0 Å². The largest absolute Gasteiger partial charge is 0.394 e. The average molecular weight is 235 g/mol. The third kappa shape index (κ3) is 3.08. The SMILES string of the molecule is CCC(C)NC(CO)(c1ccccc1)C(C)C. The Morgan fingerprint density at radius 2 is 1.76 bits per heavy atom. The van der Waals surface area contributed by atoms with Crippen molar-refractivity contribution in [2.24, 2.45) is 5.92 Å². The summed E-state index contributed by atoms with van der Waals surface area (Å²) >= 11 is 0. The van der Waals surface area contributed by atoms with Crippen LogP contribution in [0.15, 0.2) is 30.3 Å².